The van der Waals surface area contributed by atoms with Gasteiger partial charge in [0.1, 0.15) is 0 Å². The van der Waals surface area contributed by atoms with E-state index in [1.807, 2.05) is 18.2 Å². The Morgan fingerprint density at radius 1 is 0.967 bits per heavy atom. The molecule has 156 valence electrons. The second kappa shape index (κ2) is 6.86. The van der Waals surface area contributed by atoms with Gasteiger partial charge in [0, 0.05) is 5.56 Å². The lowest BCUT2D eigenvalue weighted by Crippen LogP contribution is -2.41. The van der Waals surface area contributed by atoms with Crippen LogP contribution >= 0.6 is 7.60 Å². The topological polar surface area (TPSA) is 82.1 Å². The molecule has 0 spiro atoms. The van der Waals surface area contributed by atoms with Crippen LogP contribution in [0, 0.1) is 11.8 Å². The van der Waals surface area contributed by atoms with Crippen molar-refractivity contribution < 1.29 is 27.9 Å². The summed E-state index contributed by atoms with van der Waals surface area (Å²) in [5, 5.41) is -1.64. The van der Waals surface area contributed by atoms with E-state index in [9.17, 15) is 14.2 Å². The third-order valence-corrected chi connectivity index (χ3v) is 8.71. The lowest BCUT2D eigenvalue weighted by Gasteiger charge is -2.37. The first kappa shape index (κ1) is 19.6. The number of fused-ring (bicyclic) bond motifs is 8. The van der Waals surface area contributed by atoms with Crippen LogP contribution in [0.3, 0.4) is 0 Å². The number of imide groups is 1. The Balaban J connectivity index is 1.73. The molecule has 2 fully saturated rings. The molecule has 3 aliphatic rings. The molecule has 2 aromatic carbocycles. The van der Waals surface area contributed by atoms with E-state index in [-0.39, 0.29) is 19.1 Å². The summed E-state index contributed by atoms with van der Waals surface area (Å²) in [5.74, 6) is -2.54. The lowest BCUT2D eigenvalue weighted by molar-refractivity contribution is -0.127. The molecule has 0 N–H and O–H groups in total. The second-order valence-corrected chi connectivity index (χ2v) is 9.68. The van der Waals surface area contributed by atoms with Crippen molar-refractivity contribution in [2.45, 2.75) is 25.3 Å². The third kappa shape index (κ3) is 2.29. The number of hydrogen-bond donors (Lipinski definition) is 0. The van der Waals surface area contributed by atoms with Crippen molar-refractivity contribution in [3.63, 3.8) is 0 Å². The van der Waals surface area contributed by atoms with Gasteiger partial charge < -0.3 is 13.8 Å². The molecule has 3 aliphatic heterocycles. The van der Waals surface area contributed by atoms with Crippen LogP contribution in [-0.2, 0) is 33.3 Å². The van der Waals surface area contributed by atoms with Gasteiger partial charge in [-0.1, -0.05) is 42.5 Å². The molecular formula is C22H22NO6P. The van der Waals surface area contributed by atoms with Crippen molar-refractivity contribution in [2.24, 2.45) is 11.8 Å². The summed E-state index contributed by atoms with van der Waals surface area (Å²) in [6.45, 7) is 3.67. The Bertz CT molecular complexity index is 1060. The van der Waals surface area contributed by atoms with Crippen LogP contribution < -0.4 is 4.90 Å². The van der Waals surface area contributed by atoms with Gasteiger partial charge in [0.25, 0.3) is 0 Å². The smallest absolute Gasteiger partial charge is 0.348 e. The average molecular weight is 427 g/mol. The van der Waals surface area contributed by atoms with Gasteiger partial charge in [0.2, 0.25) is 17.2 Å². The zero-order chi connectivity index (χ0) is 21.1. The lowest BCUT2D eigenvalue weighted by atomic mass is 9.77. The van der Waals surface area contributed by atoms with Crippen LogP contribution in [0.5, 0.6) is 0 Å². The minimum Gasteiger partial charge on any atom is -0.348 e. The van der Waals surface area contributed by atoms with Gasteiger partial charge in [0.15, 0.2) is 0 Å². The Morgan fingerprint density at radius 3 is 2.27 bits per heavy atom. The molecule has 4 atom stereocenters. The number of carbonyl (C=O) groups excluding carboxylic acids is 2. The minimum absolute atomic E-state index is 0.122. The van der Waals surface area contributed by atoms with Crippen molar-refractivity contribution in [1.29, 1.82) is 0 Å². The van der Waals surface area contributed by atoms with E-state index in [1.54, 1.807) is 50.2 Å². The maximum absolute atomic E-state index is 14.1. The zero-order valence-corrected chi connectivity index (χ0v) is 17.6. The molecule has 0 aliphatic carbocycles. The number of hydrogen-bond acceptors (Lipinski definition) is 6. The zero-order valence-electron chi connectivity index (χ0n) is 16.7. The first-order valence-electron chi connectivity index (χ1n) is 10.1. The van der Waals surface area contributed by atoms with Crippen molar-refractivity contribution in [3.8, 4) is 0 Å². The van der Waals surface area contributed by atoms with Crippen LogP contribution in [0.1, 0.15) is 31.1 Å². The number of benzene rings is 2. The third-order valence-electron chi connectivity index (χ3n) is 6.08. The largest absolute Gasteiger partial charge is 0.367 e. The molecule has 2 aromatic rings. The molecule has 2 amide bonds. The highest BCUT2D eigenvalue weighted by Gasteiger charge is 2.78. The Labute approximate surface area is 174 Å². The molecule has 0 saturated carbocycles. The van der Waals surface area contributed by atoms with Crippen molar-refractivity contribution in [3.05, 3.63) is 65.7 Å². The van der Waals surface area contributed by atoms with E-state index >= 15 is 0 Å². The fourth-order valence-electron chi connectivity index (χ4n) is 5.09. The van der Waals surface area contributed by atoms with Gasteiger partial charge in [0.05, 0.1) is 36.8 Å². The number of amides is 2. The van der Waals surface area contributed by atoms with Gasteiger partial charge in [-0.15, -0.1) is 0 Å². The van der Waals surface area contributed by atoms with Crippen LogP contribution in [-0.4, -0.2) is 25.0 Å². The molecule has 30 heavy (non-hydrogen) atoms. The van der Waals surface area contributed by atoms with Crippen LogP contribution in [0.2, 0.25) is 0 Å². The molecule has 8 heteroatoms. The van der Waals surface area contributed by atoms with E-state index in [1.165, 1.54) is 4.90 Å². The summed E-state index contributed by atoms with van der Waals surface area (Å²) >= 11 is 0. The minimum atomic E-state index is -3.96. The normalized spacial score (nSPS) is 29.4. The predicted octanol–water partition coefficient (Wildman–Crippen LogP) is 4.00. The summed E-state index contributed by atoms with van der Waals surface area (Å²) in [7, 11) is -3.96. The standard InChI is InChI=1S/C22H22NO6P/c1-3-27-30(26,28-4-2)22-16-13-9-8-12-15(16)19(29-22)17-18(22)21(25)23(20(17)24)14-10-6-5-7-11-14/h5-13,17-19H,3-4H2,1-2H3. The fraction of sp³-hybridized carbons (Fsp3) is 0.364. The van der Waals surface area contributed by atoms with Crippen molar-refractivity contribution >= 4 is 25.1 Å². The molecular weight excluding hydrogens is 405 g/mol. The molecule has 2 saturated heterocycles. The molecule has 5 rings (SSSR count). The average Bonchev–Trinajstić information content (AvgIpc) is 3.37. The Hall–Kier alpha value is -2.31. The highest BCUT2D eigenvalue weighted by molar-refractivity contribution is 7.55. The summed E-state index contributed by atoms with van der Waals surface area (Å²) < 4.78 is 31.8. The highest BCUT2D eigenvalue weighted by atomic mass is 31.2. The molecule has 2 bridgehead atoms. The van der Waals surface area contributed by atoms with Crippen molar-refractivity contribution in [2.75, 3.05) is 18.1 Å². The van der Waals surface area contributed by atoms with Gasteiger partial charge >= 0.3 is 7.60 Å². The number of anilines is 1. The van der Waals surface area contributed by atoms with E-state index in [0.717, 1.165) is 5.56 Å². The molecule has 7 nitrogen and oxygen atoms in total. The highest BCUT2D eigenvalue weighted by Crippen LogP contribution is 2.79. The number of para-hydroxylation sites is 1. The van der Waals surface area contributed by atoms with Gasteiger partial charge in [-0.2, -0.15) is 0 Å². The number of ether oxygens (including phenoxy) is 1. The van der Waals surface area contributed by atoms with Gasteiger partial charge in [-0.05, 0) is 31.5 Å². The van der Waals surface area contributed by atoms with Gasteiger partial charge in [-0.25, -0.2) is 4.90 Å². The van der Waals surface area contributed by atoms with Crippen molar-refractivity contribution in [1.82, 2.24) is 0 Å². The maximum Gasteiger partial charge on any atom is 0.367 e. The monoisotopic (exact) mass is 427 g/mol. The fourth-order valence-corrected chi connectivity index (χ4v) is 7.58. The quantitative estimate of drug-likeness (QED) is 0.512. The van der Waals surface area contributed by atoms with E-state index in [2.05, 4.69) is 0 Å². The summed E-state index contributed by atoms with van der Waals surface area (Å²) in [6, 6.07) is 16.1. The van der Waals surface area contributed by atoms with Crippen LogP contribution in [0.25, 0.3) is 0 Å². The first-order chi connectivity index (χ1) is 14.5. The predicted molar refractivity (Wildman–Crippen MR) is 109 cm³/mol. The number of rotatable bonds is 6. The van der Waals surface area contributed by atoms with Crippen LogP contribution in [0.4, 0.5) is 5.69 Å². The van der Waals surface area contributed by atoms with Crippen LogP contribution in [0.15, 0.2) is 54.6 Å². The Kier molecular flexibility index (Phi) is 4.49. The van der Waals surface area contributed by atoms with E-state index in [0.29, 0.717) is 11.3 Å². The SMILES string of the molecule is CCOP(=O)(OCC)C12OC(c3ccccc31)C1C(=O)N(c3ccccc3)C(=O)C12. The summed E-state index contributed by atoms with van der Waals surface area (Å²) in [4.78, 5) is 28.3. The summed E-state index contributed by atoms with van der Waals surface area (Å²) in [6.07, 6.45) is -0.675. The van der Waals surface area contributed by atoms with E-state index in [4.69, 9.17) is 13.8 Å². The Morgan fingerprint density at radius 2 is 1.60 bits per heavy atom. The second-order valence-electron chi connectivity index (χ2n) is 7.51. The molecule has 3 heterocycles. The number of nitrogens with zero attached hydrogens (tertiary/aromatic N) is 1. The molecule has 0 radical (unpaired) electrons. The van der Waals surface area contributed by atoms with Gasteiger partial charge in [-0.3, -0.25) is 14.2 Å². The maximum atomic E-state index is 14.1. The molecule has 4 unspecified atom stereocenters. The van der Waals surface area contributed by atoms with E-state index < -0.39 is 36.8 Å². The molecule has 0 aromatic heterocycles. The first-order valence-corrected chi connectivity index (χ1v) is 11.6. The number of carbonyl (C=O) groups is 2. The summed E-state index contributed by atoms with van der Waals surface area (Å²) in [5.41, 5.74) is 1.86.